The van der Waals surface area contributed by atoms with Crippen LogP contribution in [0.4, 0.5) is 13.2 Å². The predicted octanol–water partition coefficient (Wildman–Crippen LogP) is 3.19. The highest BCUT2D eigenvalue weighted by Crippen LogP contribution is 2.55. The summed E-state index contributed by atoms with van der Waals surface area (Å²) in [6, 6.07) is 9.87. The largest absolute Gasteiger partial charge is 0.486 e. The first-order valence-electron chi connectivity index (χ1n) is 8.08. The van der Waals surface area contributed by atoms with Crippen molar-refractivity contribution in [2.45, 2.75) is 24.6 Å². The molecule has 2 aromatic carbocycles. The highest BCUT2D eigenvalue weighted by molar-refractivity contribution is 5.82. The lowest BCUT2D eigenvalue weighted by molar-refractivity contribution is -0.246. The molecule has 3 rings (SSSR count). The highest BCUT2D eigenvalue weighted by Gasteiger charge is 2.60. The van der Waals surface area contributed by atoms with Crippen LogP contribution >= 0.6 is 0 Å². The van der Waals surface area contributed by atoms with E-state index in [1.54, 1.807) is 6.07 Å². The van der Waals surface area contributed by atoms with Crippen LogP contribution in [0.25, 0.3) is 11.1 Å². The van der Waals surface area contributed by atoms with Crippen LogP contribution in [0.15, 0.2) is 42.5 Å². The number of Topliss-reactive ketones (excluding diaryl/α,β-unsaturated/α-hetero) is 1. The molecule has 2 N–H and O–H groups in total. The fraction of sp³-hybridized carbons (Fsp3) is 0.316. The summed E-state index contributed by atoms with van der Waals surface area (Å²) in [6.07, 6.45) is -4.49. The van der Waals surface area contributed by atoms with E-state index in [9.17, 15) is 23.1 Å². The molecule has 0 aliphatic heterocycles. The molecule has 0 amide bonds. The molecule has 26 heavy (non-hydrogen) atoms. The van der Waals surface area contributed by atoms with E-state index >= 15 is 0 Å². The van der Waals surface area contributed by atoms with Gasteiger partial charge in [0, 0.05) is 24.2 Å². The third kappa shape index (κ3) is 2.97. The normalized spacial score (nSPS) is 18.3. The van der Waals surface area contributed by atoms with Crippen molar-refractivity contribution < 1.29 is 32.9 Å². The zero-order chi connectivity index (χ0) is 18.9. The fourth-order valence-corrected chi connectivity index (χ4v) is 3.14. The third-order valence-corrected chi connectivity index (χ3v) is 4.41. The molecule has 0 aromatic heterocycles. The molecular weight excluding hydrogens is 349 g/mol. The van der Waals surface area contributed by atoms with Gasteiger partial charge in [-0.25, -0.2) is 0 Å². The highest BCUT2D eigenvalue weighted by atomic mass is 19.4. The number of hydrogen-bond donors (Lipinski definition) is 2. The molecule has 0 fully saturated rings. The van der Waals surface area contributed by atoms with Gasteiger partial charge in [0.15, 0.2) is 5.78 Å². The standard InChI is InChI=1S/C19H17F3O4/c20-19(21,22)18(25)16-6-2-1-5-14(16)15-8-7-13(10-17(15)18)26-11-12(24)4-3-9-23/h1-2,5-8,10,23,25H,3-4,9,11H2. The van der Waals surface area contributed by atoms with E-state index < -0.39 is 11.8 Å². The van der Waals surface area contributed by atoms with E-state index in [1.807, 2.05) is 0 Å². The van der Waals surface area contributed by atoms with E-state index in [1.165, 1.54) is 30.3 Å². The van der Waals surface area contributed by atoms with Gasteiger partial charge in [-0.3, -0.25) is 4.79 Å². The molecule has 1 aliphatic carbocycles. The summed E-state index contributed by atoms with van der Waals surface area (Å²) in [5, 5.41) is 19.3. The second-order valence-electron chi connectivity index (χ2n) is 6.12. The van der Waals surface area contributed by atoms with Crippen LogP contribution in [0.2, 0.25) is 0 Å². The molecule has 0 saturated heterocycles. The van der Waals surface area contributed by atoms with E-state index in [4.69, 9.17) is 9.84 Å². The number of halogens is 3. The average molecular weight is 366 g/mol. The maximum Gasteiger partial charge on any atom is 0.425 e. The zero-order valence-electron chi connectivity index (χ0n) is 13.7. The Hall–Kier alpha value is -2.38. The molecule has 138 valence electrons. The van der Waals surface area contributed by atoms with Crippen LogP contribution in [-0.2, 0) is 10.4 Å². The van der Waals surface area contributed by atoms with Crippen LogP contribution in [0.5, 0.6) is 5.75 Å². The molecule has 0 radical (unpaired) electrons. The molecule has 0 bridgehead atoms. The van der Waals surface area contributed by atoms with Gasteiger partial charge in [0.05, 0.1) is 0 Å². The van der Waals surface area contributed by atoms with Crippen LogP contribution in [0.1, 0.15) is 24.0 Å². The minimum Gasteiger partial charge on any atom is -0.486 e. The van der Waals surface area contributed by atoms with Gasteiger partial charge in [-0.05, 0) is 29.7 Å². The van der Waals surface area contributed by atoms with Crippen molar-refractivity contribution >= 4 is 5.78 Å². The summed E-state index contributed by atoms with van der Waals surface area (Å²) >= 11 is 0. The van der Waals surface area contributed by atoms with Crippen molar-refractivity contribution in [2.75, 3.05) is 13.2 Å². The van der Waals surface area contributed by atoms with Crippen molar-refractivity contribution in [1.29, 1.82) is 0 Å². The monoisotopic (exact) mass is 366 g/mol. The topological polar surface area (TPSA) is 66.8 Å². The van der Waals surface area contributed by atoms with Crippen LogP contribution in [0, 0.1) is 0 Å². The number of fused-ring (bicyclic) bond motifs is 3. The third-order valence-electron chi connectivity index (χ3n) is 4.41. The molecule has 1 aliphatic rings. The molecule has 0 saturated carbocycles. The van der Waals surface area contributed by atoms with Crippen molar-refractivity contribution in [2.24, 2.45) is 0 Å². The van der Waals surface area contributed by atoms with Gasteiger partial charge in [-0.2, -0.15) is 13.2 Å². The van der Waals surface area contributed by atoms with E-state index in [-0.39, 0.29) is 47.9 Å². The Balaban J connectivity index is 1.95. The van der Waals surface area contributed by atoms with Crippen LogP contribution < -0.4 is 4.74 Å². The average Bonchev–Trinajstić information content (AvgIpc) is 2.88. The quantitative estimate of drug-likeness (QED) is 0.824. The lowest BCUT2D eigenvalue weighted by atomic mass is 9.91. The minimum absolute atomic E-state index is 0.0663. The summed E-state index contributed by atoms with van der Waals surface area (Å²) in [5.74, 6) is -0.203. The first kappa shape index (κ1) is 18.4. The Labute approximate surface area is 147 Å². The van der Waals surface area contributed by atoms with Crippen molar-refractivity contribution in [3.63, 3.8) is 0 Å². The molecule has 4 nitrogen and oxygen atoms in total. The number of carbonyl (C=O) groups is 1. The van der Waals surface area contributed by atoms with Gasteiger partial charge in [0.2, 0.25) is 5.60 Å². The zero-order valence-corrected chi connectivity index (χ0v) is 13.7. The van der Waals surface area contributed by atoms with Gasteiger partial charge in [0.1, 0.15) is 12.4 Å². The second kappa shape index (κ2) is 6.74. The lowest BCUT2D eigenvalue weighted by Gasteiger charge is -2.28. The fourth-order valence-electron chi connectivity index (χ4n) is 3.14. The number of carbonyl (C=O) groups excluding carboxylic acids is 1. The SMILES string of the molecule is O=C(CCCO)COc1ccc2c(c1)C(O)(C(F)(F)F)c1ccccc1-2. The van der Waals surface area contributed by atoms with E-state index in [0.29, 0.717) is 12.0 Å². The maximum absolute atomic E-state index is 13.7. The molecular formula is C19H17F3O4. The van der Waals surface area contributed by atoms with Crippen LogP contribution in [0.3, 0.4) is 0 Å². The first-order valence-corrected chi connectivity index (χ1v) is 8.08. The Bertz CT molecular complexity index is 832. The molecule has 1 atom stereocenters. The number of hydrogen-bond acceptors (Lipinski definition) is 4. The van der Waals surface area contributed by atoms with Crippen molar-refractivity contribution in [1.82, 2.24) is 0 Å². The van der Waals surface area contributed by atoms with Crippen molar-refractivity contribution in [3.8, 4) is 16.9 Å². The molecule has 2 aromatic rings. The summed E-state index contributed by atoms with van der Waals surface area (Å²) in [7, 11) is 0. The van der Waals surface area contributed by atoms with Gasteiger partial charge in [-0.15, -0.1) is 0 Å². The smallest absolute Gasteiger partial charge is 0.425 e. The number of rotatable bonds is 6. The molecule has 0 heterocycles. The lowest BCUT2D eigenvalue weighted by Crippen LogP contribution is -2.41. The summed E-state index contributed by atoms with van der Waals surface area (Å²) in [6.45, 7) is -0.433. The van der Waals surface area contributed by atoms with Gasteiger partial charge in [0.25, 0.3) is 0 Å². The molecule has 0 spiro atoms. The molecule has 7 heteroatoms. The van der Waals surface area contributed by atoms with E-state index in [0.717, 1.165) is 6.07 Å². The summed E-state index contributed by atoms with van der Waals surface area (Å²) in [5.41, 5.74) is -3.07. The maximum atomic E-state index is 13.7. The van der Waals surface area contributed by atoms with Crippen molar-refractivity contribution in [3.05, 3.63) is 53.6 Å². The number of benzene rings is 2. The van der Waals surface area contributed by atoms with Crippen LogP contribution in [-0.4, -0.2) is 35.4 Å². The summed E-state index contributed by atoms with van der Waals surface area (Å²) < 4.78 is 46.4. The Kier molecular flexibility index (Phi) is 4.77. The number of aliphatic hydroxyl groups is 2. The number of ether oxygens (including phenoxy) is 1. The predicted molar refractivity (Wildman–Crippen MR) is 87.8 cm³/mol. The summed E-state index contributed by atoms with van der Waals surface area (Å²) in [4.78, 5) is 11.6. The van der Waals surface area contributed by atoms with Gasteiger partial charge in [-0.1, -0.05) is 30.3 Å². The van der Waals surface area contributed by atoms with Gasteiger partial charge >= 0.3 is 6.18 Å². The Morgan fingerprint density at radius 1 is 1.08 bits per heavy atom. The Morgan fingerprint density at radius 3 is 2.46 bits per heavy atom. The minimum atomic E-state index is -4.91. The second-order valence-corrected chi connectivity index (χ2v) is 6.12. The Morgan fingerprint density at radius 2 is 1.77 bits per heavy atom. The van der Waals surface area contributed by atoms with Gasteiger partial charge < -0.3 is 14.9 Å². The number of aliphatic hydroxyl groups excluding tert-OH is 1. The number of ketones is 1. The first-order chi connectivity index (χ1) is 12.3. The van der Waals surface area contributed by atoms with E-state index in [2.05, 4.69) is 0 Å². The number of alkyl halides is 3. The molecule has 1 unspecified atom stereocenters.